The third kappa shape index (κ3) is 6.13. The number of hydrogen-bond donors (Lipinski definition) is 1. The van der Waals surface area contributed by atoms with E-state index in [0.29, 0.717) is 0 Å². The topological polar surface area (TPSA) is 95.7 Å². The smallest absolute Gasteiger partial charge is 0.338 e. The van der Waals surface area contributed by atoms with Crippen molar-refractivity contribution in [2.45, 2.75) is 31.3 Å². The number of nitrogens with two attached hydrogens (primary N) is 1. The number of sulfonamides is 1. The van der Waals surface area contributed by atoms with Gasteiger partial charge in [0.1, 0.15) is 6.61 Å². The van der Waals surface area contributed by atoms with Crippen molar-refractivity contribution in [3.63, 3.8) is 0 Å². The van der Waals surface area contributed by atoms with Crippen molar-refractivity contribution in [2.24, 2.45) is 5.14 Å². The van der Waals surface area contributed by atoms with Gasteiger partial charge in [0.15, 0.2) is 0 Å². The molecule has 8 heteroatoms. The van der Waals surface area contributed by atoms with Crippen molar-refractivity contribution in [1.82, 2.24) is 0 Å². The van der Waals surface area contributed by atoms with Crippen molar-refractivity contribution in [2.75, 3.05) is 13.2 Å². The average Bonchev–Trinajstić information content (AvgIpc) is 2.32. The van der Waals surface area contributed by atoms with Crippen molar-refractivity contribution in [3.05, 3.63) is 28.2 Å². The Morgan fingerprint density at radius 2 is 1.90 bits per heavy atom. The highest BCUT2D eigenvalue weighted by atomic mass is 79.9. The van der Waals surface area contributed by atoms with Crippen molar-refractivity contribution >= 4 is 31.9 Å². The molecule has 6 nitrogen and oxygen atoms in total. The second-order valence-electron chi connectivity index (χ2n) is 5.29. The highest BCUT2D eigenvalue weighted by molar-refractivity contribution is 9.10. The fourth-order valence-corrected chi connectivity index (χ4v) is 2.97. The zero-order chi connectivity index (χ0) is 16.3. The standard InChI is InChI=1S/C13H18BrNO5S/c1-13(2,3)20-7-6-19-12(16)9-4-5-10(14)11(8-9)21(15,17)18/h4-5,8H,6-7H2,1-3H3,(H2,15,17,18). The molecule has 0 aliphatic heterocycles. The fourth-order valence-electron chi connectivity index (χ4n) is 1.41. The maximum absolute atomic E-state index is 11.8. The van der Waals surface area contributed by atoms with E-state index in [-0.39, 0.29) is 33.7 Å². The van der Waals surface area contributed by atoms with Gasteiger partial charge in [0.05, 0.1) is 22.7 Å². The summed E-state index contributed by atoms with van der Waals surface area (Å²) in [5, 5.41) is 5.07. The molecule has 1 aromatic carbocycles. The average molecular weight is 380 g/mol. The number of benzene rings is 1. The molecular formula is C13H18BrNO5S. The van der Waals surface area contributed by atoms with Crippen LogP contribution in [0, 0.1) is 0 Å². The first-order valence-corrected chi connectivity index (χ1v) is 8.48. The van der Waals surface area contributed by atoms with Crippen LogP contribution in [0.15, 0.2) is 27.6 Å². The number of primary sulfonamides is 1. The van der Waals surface area contributed by atoms with Crippen LogP contribution in [0.1, 0.15) is 31.1 Å². The van der Waals surface area contributed by atoms with Gasteiger partial charge in [-0.3, -0.25) is 0 Å². The molecule has 0 amide bonds. The zero-order valence-electron chi connectivity index (χ0n) is 12.1. The van der Waals surface area contributed by atoms with Crippen LogP contribution >= 0.6 is 15.9 Å². The fraction of sp³-hybridized carbons (Fsp3) is 0.462. The molecule has 0 aromatic heterocycles. The number of halogens is 1. The minimum atomic E-state index is -3.91. The minimum absolute atomic E-state index is 0.0802. The van der Waals surface area contributed by atoms with Crippen LogP contribution in [-0.4, -0.2) is 33.2 Å². The first-order valence-electron chi connectivity index (χ1n) is 6.14. The highest BCUT2D eigenvalue weighted by Crippen LogP contribution is 2.22. The molecule has 0 radical (unpaired) electrons. The molecule has 1 aromatic rings. The second kappa shape index (κ2) is 6.87. The third-order valence-electron chi connectivity index (χ3n) is 2.32. The monoisotopic (exact) mass is 379 g/mol. The molecule has 0 unspecified atom stereocenters. The Bertz CT molecular complexity index is 622. The number of esters is 1. The molecule has 0 fully saturated rings. The summed E-state index contributed by atoms with van der Waals surface area (Å²) in [4.78, 5) is 11.7. The maximum Gasteiger partial charge on any atom is 0.338 e. The first-order chi connectivity index (χ1) is 9.50. The predicted octanol–water partition coefficient (Wildman–Crippen LogP) is 2.07. The molecule has 0 saturated carbocycles. The molecule has 0 aliphatic carbocycles. The van der Waals surface area contributed by atoms with E-state index in [4.69, 9.17) is 14.6 Å². The Labute approximate surface area is 132 Å². The van der Waals surface area contributed by atoms with E-state index >= 15 is 0 Å². The first kappa shape index (κ1) is 18.1. The molecule has 1 rings (SSSR count). The van der Waals surface area contributed by atoms with Gasteiger partial charge in [0.25, 0.3) is 0 Å². The summed E-state index contributed by atoms with van der Waals surface area (Å²) in [5.41, 5.74) is -0.205. The van der Waals surface area contributed by atoms with Crippen LogP contribution in [0.3, 0.4) is 0 Å². The van der Waals surface area contributed by atoms with E-state index in [2.05, 4.69) is 15.9 Å². The molecule has 0 atom stereocenters. The Morgan fingerprint density at radius 3 is 2.43 bits per heavy atom. The Morgan fingerprint density at radius 1 is 1.29 bits per heavy atom. The maximum atomic E-state index is 11.8. The van der Waals surface area contributed by atoms with E-state index in [1.807, 2.05) is 20.8 Å². The van der Waals surface area contributed by atoms with Crippen molar-refractivity contribution in [3.8, 4) is 0 Å². The molecule has 21 heavy (non-hydrogen) atoms. The number of carbonyl (C=O) groups is 1. The lowest BCUT2D eigenvalue weighted by Crippen LogP contribution is -2.22. The van der Waals surface area contributed by atoms with E-state index < -0.39 is 16.0 Å². The highest BCUT2D eigenvalue weighted by Gasteiger charge is 2.17. The Balaban J connectivity index is 2.72. The van der Waals surface area contributed by atoms with Crippen LogP contribution in [0.5, 0.6) is 0 Å². The normalized spacial score (nSPS) is 12.2. The summed E-state index contributed by atoms with van der Waals surface area (Å²) in [6, 6.07) is 4.06. The number of ether oxygens (including phenoxy) is 2. The Hall–Kier alpha value is -0.960. The van der Waals surface area contributed by atoms with Gasteiger partial charge in [-0.15, -0.1) is 0 Å². The number of hydrogen-bond acceptors (Lipinski definition) is 5. The summed E-state index contributed by atoms with van der Waals surface area (Å²) >= 11 is 3.07. The summed E-state index contributed by atoms with van der Waals surface area (Å²) in [6.07, 6.45) is 0. The molecule has 0 saturated heterocycles. The van der Waals surface area contributed by atoms with Gasteiger partial charge < -0.3 is 9.47 Å². The van der Waals surface area contributed by atoms with E-state index in [1.165, 1.54) is 18.2 Å². The van der Waals surface area contributed by atoms with Crippen LogP contribution in [-0.2, 0) is 19.5 Å². The lowest BCUT2D eigenvalue weighted by atomic mass is 10.2. The quantitative estimate of drug-likeness (QED) is 0.623. The molecular weight excluding hydrogens is 362 g/mol. The van der Waals surface area contributed by atoms with E-state index in [0.717, 1.165) is 0 Å². The van der Waals surface area contributed by atoms with Crippen molar-refractivity contribution < 1.29 is 22.7 Å². The van der Waals surface area contributed by atoms with Gasteiger partial charge >= 0.3 is 5.97 Å². The molecule has 0 spiro atoms. The summed E-state index contributed by atoms with van der Waals surface area (Å²) in [5.74, 6) is -0.634. The summed E-state index contributed by atoms with van der Waals surface area (Å²) in [6.45, 7) is 6.01. The van der Waals surface area contributed by atoms with Gasteiger partial charge in [0, 0.05) is 4.47 Å². The third-order valence-corrected chi connectivity index (χ3v) is 4.23. The summed E-state index contributed by atoms with van der Waals surface area (Å²) < 4.78 is 33.5. The molecule has 2 N–H and O–H groups in total. The van der Waals surface area contributed by atoms with Gasteiger partial charge in [-0.05, 0) is 54.9 Å². The minimum Gasteiger partial charge on any atom is -0.460 e. The second-order valence-corrected chi connectivity index (χ2v) is 7.67. The lowest BCUT2D eigenvalue weighted by molar-refractivity contribution is -0.0281. The predicted molar refractivity (Wildman–Crippen MR) is 81.5 cm³/mol. The number of carbonyl (C=O) groups excluding carboxylic acids is 1. The van der Waals surface area contributed by atoms with Crippen LogP contribution < -0.4 is 5.14 Å². The van der Waals surface area contributed by atoms with Crippen LogP contribution in [0.25, 0.3) is 0 Å². The van der Waals surface area contributed by atoms with Gasteiger partial charge in [0.2, 0.25) is 10.0 Å². The van der Waals surface area contributed by atoms with Gasteiger partial charge in [-0.25, -0.2) is 18.4 Å². The largest absolute Gasteiger partial charge is 0.460 e. The Kier molecular flexibility index (Phi) is 5.92. The zero-order valence-corrected chi connectivity index (χ0v) is 14.5. The molecule has 0 heterocycles. The van der Waals surface area contributed by atoms with Crippen LogP contribution in [0.2, 0.25) is 0 Å². The number of rotatable bonds is 5. The molecule has 0 aliphatic rings. The van der Waals surface area contributed by atoms with E-state index in [1.54, 1.807) is 0 Å². The molecule has 118 valence electrons. The van der Waals surface area contributed by atoms with Crippen molar-refractivity contribution in [1.29, 1.82) is 0 Å². The SMILES string of the molecule is CC(C)(C)OCCOC(=O)c1ccc(Br)c(S(N)(=O)=O)c1. The van der Waals surface area contributed by atoms with Gasteiger partial charge in [-0.2, -0.15) is 0 Å². The van der Waals surface area contributed by atoms with Gasteiger partial charge in [-0.1, -0.05) is 0 Å². The molecule has 0 bridgehead atoms. The summed E-state index contributed by atoms with van der Waals surface area (Å²) in [7, 11) is -3.91. The van der Waals surface area contributed by atoms with E-state index in [9.17, 15) is 13.2 Å². The lowest BCUT2D eigenvalue weighted by Gasteiger charge is -2.19. The van der Waals surface area contributed by atoms with Crippen LogP contribution in [0.4, 0.5) is 0 Å².